The standard InChI is InChI=1S/C15H21ClN4O/c1-6-20-14(15(16)10(3)18-20)8-12(21)7-13-9(2)17-19(5)11(13)4/h6-8H2,1-5H3. The molecule has 21 heavy (non-hydrogen) atoms. The minimum atomic E-state index is 0.130. The van der Waals surface area contributed by atoms with Crippen LogP contribution in [0.2, 0.25) is 5.02 Å². The summed E-state index contributed by atoms with van der Waals surface area (Å²) in [5, 5.41) is 9.29. The minimum absolute atomic E-state index is 0.130. The molecule has 5 nitrogen and oxygen atoms in total. The van der Waals surface area contributed by atoms with Gasteiger partial charge >= 0.3 is 0 Å². The lowest BCUT2D eigenvalue weighted by molar-refractivity contribution is -0.117. The second-order valence-corrected chi connectivity index (χ2v) is 5.71. The van der Waals surface area contributed by atoms with Crippen LogP contribution in [0.3, 0.4) is 0 Å². The summed E-state index contributed by atoms with van der Waals surface area (Å²) in [6, 6.07) is 0. The molecule has 0 aliphatic heterocycles. The number of Topliss-reactive ketones (excluding diaryl/α,β-unsaturated/α-hetero) is 1. The Labute approximate surface area is 129 Å². The van der Waals surface area contributed by atoms with Crippen LogP contribution in [0.1, 0.15) is 35.3 Å². The number of hydrogen-bond acceptors (Lipinski definition) is 3. The van der Waals surface area contributed by atoms with Crippen molar-refractivity contribution >= 4 is 17.4 Å². The molecule has 0 aromatic carbocycles. The van der Waals surface area contributed by atoms with Gasteiger partial charge in [0.1, 0.15) is 5.78 Å². The van der Waals surface area contributed by atoms with Crippen LogP contribution in [0.15, 0.2) is 0 Å². The second-order valence-electron chi connectivity index (χ2n) is 5.33. The fourth-order valence-electron chi connectivity index (χ4n) is 2.56. The van der Waals surface area contributed by atoms with Crippen LogP contribution in [0.25, 0.3) is 0 Å². The highest BCUT2D eigenvalue weighted by atomic mass is 35.5. The molecule has 6 heteroatoms. The normalized spacial score (nSPS) is 11.1. The molecule has 0 bridgehead atoms. The fraction of sp³-hybridized carbons (Fsp3) is 0.533. The van der Waals surface area contributed by atoms with Crippen molar-refractivity contribution in [2.45, 2.75) is 47.1 Å². The Morgan fingerprint density at radius 2 is 1.81 bits per heavy atom. The van der Waals surface area contributed by atoms with Gasteiger partial charge in [-0.25, -0.2) is 0 Å². The summed E-state index contributed by atoms with van der Waals surface area (Å²) < 4.78 is 3.61. The van der Waals surface area contributed by atoms with E-state index in [0.717, 1.165) is 28.3 Å². The molecular formula is C15H21ClN4O. The van der Waals surface area contributed by atoms with Crippen LogP contribution < -0.4 is 0 Å². The number of carbonyl (C=O) groups is 1. The van der Waals surface area contributed by atoms with E-state index in [-0.39, 0.29) is 5.78 Å². The maximum Gasteiger partial charge on any atom is 0.143 e. The SMILES string of the molecule is CCn1nc(C)c(Cl)c1CC(=O)Cc1c(C)nn(C)c1C. The van der Waals surface area contributed by atoms with Crippen molar-refractivity contribution in [3.05, 3.63) is 33.4 Å². The van der Waals surface area contributed by atoms with Crippen LogP contribution in [-0.4, -0.2) is 25.3 Å². The van der Waals surface area contributed by atoms with Crippen molar-refractivity contribution in [2.75, 3.05) is 0 Å². The van der Waals surface area contributed by atoms with Gasteiger partial charge in [0.15, 0.2) is 0 Å². The number of aryl methyl sites for hydroxylation is 4. The molecule has 0 saturated carbocycles. The van der Waals surface area contributed by atoms with Crippen molar-refractivity contribution in [1.82, 2.24) is 19.6 Å². The first-order chi connectivity index (χ1) is 9.85. The summed E-state index contributed by atoms with van der Waals surface area (Å²) >= 11 is 6.25. The molecule has 0 amide bonds. The number of hydrogen-bond donors (Lipinski definition) is 0. The monoisotopic (exact) mass is 308 g/mol. The lowest BCUT2D eigenvalue weighted by atomic mass is 10.0. The van der Waals surface area contributed by atoms with Crippen LogP contribution in [0.4, 0.5) is 0 Å². The van der Waals surface area contributed by atoms with Gasteiger partial charge in [-0.3, -0.25) is 14.2 Å². The number of rotatable bonds is 5. The van der Waals surface area contributed by atoms with Gasteiger partial charge in [-0.05, 0) is 27.7 Å². The van der Waals surface area contributed by atoms with Crippen molar-refractivity contribution < 1.29 is 4.79 Å². The Balaban J connectivity index is 2.19. The predicted octanol–water partition coefficient (Wildman–Crippen LogP) is 2.57. The number of halogens is 1. The third-order valence-corrected chi connectivity index (χ3v) is 4.34. The van der Waals surface area contributed by atoms with Crippen molar-refractivity contribution in [1.29, 1.82) is 0 Å². The van der Waals surface area contributed by atoms with E-state index in [0.29, 0.717) is 24.4 Å². The maximum absolute atomic E-state index is 12.4. The molecule has 0 aliphatic rings. The highest BCUT2D eigenvalue weighted by Crippen LogP contribution is 2.22. The Bertz CT molecular complexity index is 684. The van der Waals surface area contributed by atoms with E-state index in [2.05, 4.69) is 10.2 Å². The van der Waals surface area contributed by atoms with Gasteiger partial charge in [0, 0.05) is 31.3 Å². The largest absolute Gasteiger partial charge is 0.299 e. The topological polar surface area (TPSA) is 52.7 Å². The third-order valence-electron chi connectivity index (χ3n) is 3.85. The summed E-state index contributed by atoms with van der Waals surface area (Å²) in [6.45, 7) is 8.48. The lowest BCUT2D eigenvalue weighted by Crippen LogP contribution is -2.12. The average Bonchev–Trinajstić information content (AvgIpc) is 2.83. The molecule has 2 aromatic heterocycles. The Kier molecular flexibility index (Phi) is 4.52. The van der Waals surface area contributed by atoms with Crippen LogP contribution in [0, 0.1) is 20.8 Å². The lowest BCUT2D eigenvalue weighted by Gasteiger charge is -2.05. The molecule has 0 atom stereocenters. The number of aromatic nitrogens is 4. The Morgan fingerprint density at radius 3 is 2.33 bits per heavy atom. The molecule has 0 unspecified atom stereocenters. The average molecular weight is 309 g/mol. The quantitative estimate of drug-likeness (QED) is 0.853. The zero-order valence-electron chi connectivity index (χ0n) is 13.2. The van der Waals surface area contributed by atoms with Crippen LogP contribution in [0.5, 0.6) is 0 Å². The van der Waals surface area contributed by atoms with Gasteiger partial charge in [0.05, 0.1) is 28.5 Å². The molecule has 114 valence electrons. The second kappa shape index (κ2) is 6.02. The van der Waals surface area contributed by atoms with E-state index in [4.69, 9.17) is 11.6 Å². The van der Waals surface area contributed by atoms with Gasteiger partial charge in [0.25, 0.3) is 0 Å². The fourth-order valence-corrected chi connectivity index (χ4v) is 2.76. The van der Waals surface area contributed by atoms with E-state index in [1.165, 1.54) is 0 Å². The number of ketones is 1. The van der Waals surface area contributed by atoms with E-state index >= 15 is 0 Å². The van der Waals surface area contributed by atoms with Gasteiger partial charge in [-0.2, -0.15) is 10.2 Å². The molecule has 2 heterocycles. The third kappa shape index (κ3) is 3.02. The summed E-state index contributed by atoms with van der Waals surface area (Å²) in [7, 11) is 1.89. The van der Waals surface area contributed by atoms with Crippen molar-refractivity contribution in [2.24, 2.45) is 7.05 Å². The molecule has 0 aliphatic carbocycles. The van der Waals surface area contributed by atoms with Crippen molar-refractivity contribution in [3.63, 3.8) is 0 Å². The first kappa shape index (κ1) is 15.8. The summed E-state index contributed by atoms with van der Waals surface area (Å²) in [6.07, 6.45) is 0.692. The number of nitrogens with zero attached hydrogens (tertiary/aromatic N) is 4. The van der Waals surface area contributed by atoms with E-state index in [1.807, 2.05) is 39.4 Å². The molecule has 2 rings (SSSR count). The first-order valence-electron chi connectivity index (χ1n) is 7.07. The zero-order valence-corrected chi connectivity index (χ0v) is 14.0. The highest BCUT2D eigenvalue weighted by Gasteiger charge is 2.18. The van der Waals surface area contributed by atoms with E-state index < -0.39 is 0 Å². The van der Waals surface area contributed by atoms with Crippen LogP contribution >= 0.6 is 11.6 Å². The Morgan fingerprint density at radius 1 is 1.14 bits per heavy atom. The first-order valence-corrected chi connectivity index (χ1v) is 7.45. The molecule has 2 aromatic rings. The Hall–Kier alpha value is -1.62. The van der Waals surface area contributed by atoms with Crippen LogP contribution in [-0.2, 0) is 31.2 Å². The molecule has 0 fully saturated rings. The van der Waals surface area contributed by atoms with Crippen molar-refractivity contribution in [3.8, 4) is 0 Å². The zero-order chi connectivity index (χ0) is 15.7. The van der Waals surface area contributed by atoms with Gasteiger partial charge in [-0.15, -0.1) is 0 Å². The maximum atomic E-state index is 12.4. The molecular weight excluding hydrogens is 288 g/mol. The molecule has 0 saturated heterocycles. The van der Waals surface area contributed by atoms with Gasteiger partial charge in [0.2, 0.25) is 0 Å². The summed E-state index contributed by atoms with van der Waals surface area (Å²) in [5.74, 6) is 0.130. The van der Waals surface area contributed by atoms with E-state index in [1.54, 1.807) is 4.68 Å². The summed E-state index contributed by atoms with van der Waals surface area (Å²) in [4.78, 5) is 12.4. The van der Waals surface area contributed by atoms with Gasteiger partial charge in [-0.1, -0.05) is 11.6 Å². The predicted molar refractivity (Wildman–Crippen MR) is 82.7 cm³/mol. The molecule has 0 spiro atoms. The molecule has 0 N–H and O–H groups in total. The summed E-state index contributed by atoms with van der Waals surface area (Å²) in [5.41, 5.74) is 4.54. The minimum Gasteiger partial charge on any atom is -0.299 e. The van der Waals surface area contributed by atoms with E-state index in [9.17, 15) is 4.79 Å². The van der Waals surface area contributed by atoms with Gasteiger partial charge < -0.3 is 0 Å². The molecule has 0 radical (unpaired) electrons. The highest BCUT2D eigenvalue weighted by molar-refractivity contribution is 6.32. The number of carbonyl (C=O) groups excluding carboxylic acids is 1. The smallest absolute Gasteiger partial charge is 0.143 e.